The lowest BCUT2D eigenvalue weighted by Gasteiger charge is -2.25. The zero-order valence-corrected chi connectivity index (χ0v) is 26.6. The number of rotatable bonds is 5. The normalized spacial score (nSPS) is 11.7. The average molecular weight is 627 g/mol. The highest BCUT2D eigenvalue weighted by Crippen LogP contribution is 2.40. The van der Waals surface area contributed by atoms with Crippen LogP contribution in [0, 0.1) is 0 Å². The summed E-state index contributed by atoms with van der Waals surface area (Å²) in [7, 11) is 0. The van der Waals surface area contributed by atoms with Crippen molar-refractivity contribution in [2.75, 3.05) is 4.90 Å². The molecule has 0 saturated carbocycles. The SMILES string of the molecule is c1ccc(N(c2ccc(-c3ccc(-n4c5ccccc5c5ccc6ccccc6c54)cc3)cc2)c2ccc3oc4ccccc4c3c2)cc1. The molecule has 2 heterocycles. The Bertz CT molecular complexity index is 2810. The molecule has 0 fully saturated rings. The molecule has 0 radical (unpaired) electrons. The lowest BCUT2D eigenvalue weighted by molar-refractivity contribution is 0.669. The molecular weight excluding hydrogens is 597 g/mol. The van der Waals surface area contributed by atoms with Crippen LogP contribution < -0.4 is 4.90 Å². The Labute approximate surface area is 283 Å². The summed E-state index contributed by atoms with van der Waals surface area (Å²) in [5.74, 6) is 0. The first kappa shape index (κ1) is 27.5. The van der Waals surface area contributed by atoms with Gasteiger partial charge in [0.05, 0.1) is 11.0 Å². The summed E-state index contributed by atoms with van der Waals surface area (Å²) in [5, 5.41) is 7.29. The van der Waals surface area contributed by atoms with Gasteiger partial charge >= 0.3 is 0 Å². The number of hydrogen-bond donors (Lipinski definition) is 0. The molecule has 0 spiro atoms. The first-order valence-electron chi connectivity index (χ1n) is 16.7. The van der Waals surface area contributed by atoms with E-state index in [-0.39, 0.29) is 0 Å². The van der Waals surface area contributed by atoms with Crippen molar-refractivity contribution in [1.29, 1.82) is 0 Å². The molecule has 3 heteroatoms. The molecule has 0 saturated heterocycles. The third-order valence-electron chi connectivity index (χ3n) is 9.78. The van der Waals surface area contributed by atoms with Crippen LogP contribution in [-0.4, -0.2) is 4.57 Å². The van der Waals surface area contributed by atoms with Crippen LogP contribution in [0.25, 0.3) is 71.3 Å². The van der Waals surface area contributed by atoms with Crippen molar-refractivity contribution in [3.63, 3.8) is 0 Å². The molecule has 2 aromatic heterocycles. The number of benzene rings is 8. The largest absolute Gasteiger partial charge is 0.456 e. The Morgan fingerprint density at radius 1 is 0.388 bits per heavy atom. The molecule has 0 aliphatic heterocycles. The van der Waals surface area contributed by atoms with Crippen molar-refractivity contribution in [2.45, 2.75) is 0 Å². The molecule has 0 unspecified atom stereocenters. The Morgan fingerprint density at radius 3 is 1.82 bits per heavy atom. The standard InChI is InChI=1S/C46H30N2O/c1-2-11-34(12-3-1)47(37-27-29-45-42(30-37)40-15-7-9-17-44(40)49-45)35-23-18-31(19-24-35)32-20-25-36(26-21-32)48-43-16-8-6-14-39(43)41-28-22-33-10-4-5-13-38(33)46(41)48/h1-30H. The van der Waals surface area contributed by atoms with Crippen LogP contribution in [0.5, 0.6) is 0 Å². The van der Waals surface area contributed by atoms with Crippen molar-refractivity contribution < 1.29 is 4.42 Å². The van der Waals surface area contributed by atoms with Crippen LogP contribution in [0.2, 0.25) is 0 Å². The minimum atomic E-state index is 0.894. The number of anilines is 3. The van der Waals surface area contributed by atoms with Crippen molar-refractivity contribution in [1.82, 2.24) is 4.57 Å². The van der Waals surface area contributed by atoms with Gasteiger partial charge in [0.1, 0.15) is 11.2 Å². The lowest BCUT2D eigenvalue weighted by Crippen LogP contribution is -2.09. The van der Waals surface area contributed by atoms with Gasteiger partial charge in [0.15, 0.2) is 0 Å². The van der Waals surface area contributed by atoms with Crippen LogP contribution >= 0.6 is 0 Å². The fraction of sp³-hybridized carbons (Fsp3) is 0. The zero-order chi connectivity index (χ0) is 32.3. The summed E-state index contributed by atoms with van der Waals surface area (Å²) in [4.78, 5) is 2.31. The van der Waals surface area contributed by atoms with E-state index in [1.54, 1.807) is 0 Å². The fourth-order valence-corrected chi connectivity index (χ4v) is 7.48. The van der Waals surface area contributed by atoms with Gasteiger partial charge < -0.3 is 13.9 Å². The highest BCUT2D eigenvalue weighted by atomic mass is 16.3. The van der Waals surface area contributed by atoms with Crippen LogP contribution in [0.1, 0.15) is 0 Å². The van der Waals surface area contributed by atoms with Crippen LogP contribution in [0.4, 0.5) is 17.1 Å². The van der Waals surface area contributed by atoms with E-state index in [0.717, 1.165) is 44.7 Å². The average Bonchev–Trinajstić information content (AvgIpc) is 3.72. The van der Waals surface area contributed by atoms with E-state index in [0.29, 0.717) is 0 Å². The Kier molecular flexibility index (Phi) is 6.18. The van der Waals surface area contributed by atoms with Gasteiger partial charge in [-0.1, -0.05) is 115 Å². The zero-order valence-electron chi connectivity index (χ0n) is 26.6. The number of nitrogens with zero attached hydrogens (tertiary/aromatic N) is 2. The lowest BCUT2D eigenvalue weighted by atomic mass is 10.0. The summed E-state index contributed by atoms with van der Waals surface area (Å²) in [6, 6.07) is 65.0. The van der Waals surface area contributed by atoms with Crippen molar-refractivity contribution in [3.05, 3.63) is 182 Å². The molecule has 0 aliphatic carbocycles. The van der Waals surface area contributed by atoms with Gasteiger partial charge in [-0.3, -0.25) is 0 Å². The van der Waals surface area contributed by atoms with E-state index in [1.165, 1.54) is 43.7 Å². The molecule has 3 nitrogen and oxygen atoms in total. The minimum absolute atomic E-state index is 0.894. The van der Waals surface area contributed by atoms with Gasteiger partial charge in [0, 0.05) is 49.7 Å². The molecule has 10 aromatic rings. The third kappa shape index (κ3) is 4.44. The number of aromatic nitrogens is 1. The Hall–Kier alpha value is -6.58. The number of furan rings is 1. The van der Waals surface area contributed by atoms with Crippen molar-refractivity contribution in [2.24, 2.45) is 0 Å². The molecule has 0 N–H and O–H groups in total. The molecule has 8 aromatic carbocycles. The van der Waals surface area contributed by atoms with E-state index >= 15 is 0 Å². The second kappa shape index (κ2) is 11.0. The monoisotopic (exact) mass is 626 g/mol. The molecule has 0 atom stereocenters. The number of para-hydroxylation sites is 3. The third-order valence-corrected chi connectivity index (χ3v) is 9.78. The minimum Gasteiger partial charge on any atom is -0.456 e. The second-order valence-corrected chi connectivity index (χ2v) is 12.6. The van der Waals surface area contributed by atoms with Gasteiger partial charge in [0.2, 0.25) is 0 Å². The number of fused-ring (bicyclic) bond motifs is 8. The van der Waals surface area contributed by atoms with E-state index < -0.39 is 0 Å². The predicted octanol–water partition coefficient (Wildman–Crippen LogP) is 13.0. The Morgan fingerprint density at radius 2 is 1.00 bits per heavy atom. The van der Waals surface area contributed by atoms with Gasteiger partial charge in [-0.25, -0.2) is 0 Å². The maximum Gasteiger partial charge on any atom is 0.135 e. The van der Waals surface area contributed by atoms with Gasteiger partial charge in [-0.05, 0) is 83.2 Å². The maximum absolute atomic E-state index is 6.14. The molecular formula is C46H30N2O. The molecule has 230 valence electrons. The van der Waals surface area contributed by atoms with Gasteiger partial charge in [0.25, 0.3) is 0 Å². The second-order valence-electron chi connectivity index (χ2n) is 12.6. The predicted molar refractivity (Wildman–Crippen MR) is 206 cm³/mol. The summed E-state index contributed by atoms with van der Waals surface area (Å²) >= 11 is 0. The Balaban J connectivity index is 1.04. The molecule has 0 amide bonds. The smallest absolute Gasteiger partial charge is 0.135 e. The fourth-order valence-electron chi connectivity index (χ4n) is 7.48. The molecule has 10 rings (SSSR count). The highest BCUT2D eigenvalue weighted by Gasteiger charge is 2.17. The van der Waals surface area contributed by atoms with Crippen molar-refractivity contribution >= 4 is 71.6 Å². The topological polar surface area (TPSA) is 21.3 Å². The molecule has 0 aliphatic rings. The van der Waals surface area contributed by atoms with Crippen molar-refractivity contribution in [3.8, 4) is 16.8 Å². The number of hydrogen-bond acceptors (Lipinski definition) is 2. The molecule has 49 heavy (non-hydrogen) atoms. The van der Waals surface area contributed by atoms with Gasteiger partial charge in [-0.15, -0.1) is 0 Å². The molecule has 0 bridgehead atoms. The van der Waals surface area contributed by atoms with E-state index in [4.69, 9.17) is 4.42 Å². The van der Waals surface area contributed by atoms with E-state index in [9.17, 15) is 0 Å². The highest BCUT2D eigenvalue weighted by molar-refractivity contribution is 6.18. The summed E-state index contributed by atoms with van der Waals surface area (Å²) in [5.41, 5.74) is 11.1. The van der Waals surface area contributed by atoms with Crippen LogP contribution in [0.15, 0.2) is 186 Å². The quantitative estimate of drug-likeness (QED) is 0.190. The summed E-state index contributed by atoms with van der Waals surface area (Å²) in [6.07, 6.45) is 0. The van der Waals surface area contributed by atoms with Crippen LogP contribution in [0.3, 0.4) is 0 Å². The first-order valence-corrected chi connectivity index (χ1v) is 16.7. The van der Waals surface area contributed by atoms with E-state index in [1.807, 2.05) is 12.1 Å². The first-order chi connectivity index (χ1) is 24.3. The maximum atomic E-state index is 6.14. The van der Waals surface area contributed by atoms with Gasteiger partial charge in [-0.2, -0.15) is 0 Å². The van der Waals surface area contributed by atoms with Crippen LogP contribution in [-0.2, 0) is 0 Å². The van der Waals surface area contributed by atoms with E-state index in [2.05, 4.69) is 179 Å². The summed E-state index contributed by atoms with van der Waals surface area (Å²) < 4.78 is 8.55. The summed E-state index contributed by atoms with van der Waals surface area (Å²) in [6.45, 7) is 0.